The van der Waals surface area contributed by atoms with Gasteiger partial charge in [0.25, 0.3) is 0 Å². The van der Waals surface area contributed by atoms with Crippen LogP contribution in [0, 0.1) is 11.3 Å². The second kappa shape index (κ2) is 7.99. The first kappa shape index (κ1) is 22.2. The van der Waals surface area contributed by atoms with Gasteiger partial charge in [0.15, 0.2) is 0 Å². The van der Waals surface area contributed by atoms with E-state index in [1.807, 2.05) is 29.5 Å². The van der Waals surface area contributed by atoms with Crippen LogP contribution in [0.3, 0.4) is 0 Å². The highest BCUT2D eigenvalue weighted by Crippen LogP contribution is 2.44. The fourth-order valence-corrected chi connectivity index (χ4v) is 5.42. The van der Waals surface area contributed by atoms with Gasteiger partial charge in [-0.25, -0.2) is 9.78 Å². The van der Waals surface area contributed by atoms with Gasteiger partial charge in [-0.05, 0) is 50.5 Å². The highest BCUT2D eigenvalue weighted by Gasteiger charge is 2.47. The summed E-state index contributed by atoms with van der Waals surface area (Å²) in [5.74, 6) is 0.211. The van der Waals surface area contributed by atoms with Crippen molar-refractivity contribution in [1.82, 2.24) is 30.0 Å². The van der Waals surface area contributed by atoms with Crippen molar-refractivity contribution in [3.63, 3.8) is 0 Å². The average Bonchev–Trinajstić information content (AvgIpc) is 3.51. The lowest BCUT2D eigenvalue weighted by Crippen LogP contribution is -2.48. The number of carbonyl (C=O) groups excluding carboxylic acids is 1. The number of rotatable bonds is 3. The molecule has 2 aliphatic heterocycles. The van der Waals surface area contributed by atoms with Crippen LogP contribution in [0.1, 0.15) is 43.5 Å². The molecular formula is C24H25ClN8O. The number of nitrogen functional groups attached to an aromatic ring is 1. The molecule has 0 radical (unpaired) electrons. The molecule has 5 heterocycles. The van der Waals surface area contributed by atoms with Gasteiger partial charge in [-0.1, -0.05) is 11.6 Å². The van der Waals surface area contributed by atoms with Crippen LogP contribution in [0.5, 0.6) is 0 Å². The first-order chi connectivity index (χ1) is 16.2. The normalized spacial score (nSPS) is 19.3. The molecule has 9 nitrogen and oxygen atoms in total. The molecule has 0 saturated carbocycles. The minimum absolute atomic E-state index is 0.116. The highest BCUT2D eigenvalue weighted by atomic mass is 35.5. The second-order valence-corrected chi connectivity index (χ2v) is 9.93. The number of urea groups is 1. The molecule has 1 fully saturated rings. The summed E-state index contributed by atoms with van der Waals surface area (Å²) in [7, 11) is 0. The van der Waals surface area contributed by atoms with Crippen molar-refractivity contribution in [3.05, 3.63) is 58.6 Å². The molecule has 1 atom stereocenters. The van der Waals surface area contributed by atoms with Gasteiger partial charge in [-0.3, -0.25) is 9.67 Å². The molecule has 5 rings (SSSR count). The number of hydrogen-bond donors (Lipinski definition) is 2. The van der Waals surface area contributed by atoms with Crippen molar-refractivity contribution in [1.29, 1.82) is 5.26 Å². The lowest BCUT2D eigenvalue weighted by atomic mass is 9.82. The first-order valence-corrected chi connectivity index (χ1v) is 11.5. The third kappa shape index (κ3) is 3.64. The van der Waals surface area contributed by atoms with E-state index in [0.717, 1.165) is 41.9 Å². The number of nitrogens with one attached hydrogen (secondary N) is 1. The van der Waals surface area contributed by atoms with Gasteiger partial charge >= 0.3 is 6.03 Å². The summed E-state index contributed by atoms with van der Waals surface area (Å²) < 4.78 is 2.01. The van der Waals surface area contributed by atoms with Crippen LogP contribution in [0.25, 0.3) is 11.3 Å². The Balaban J connectivity index is 1.35. The van der Waals surface area contributed by atoms with Crippen molar-refractivity contribution in [2.75, 3.05) is 18.8 Å². The number of nitrogens with zero attached hydrogens (tertiary/aromatic N) is 6. The Morgan fingerprint density at radius 2 is 2.09 bits per heavy atom. The van der Waals surface area contributed by atoms with E-state index in [2.05, 4.69) is 27.4 Å². The Labute approximate surface area is 202 Å². The maximum absolute atomic E-state index is 13.2. The van der Waals surface area contributed by atoms with E-state index in [0.29, 0.717) is 23.7 Å². The van der Waals surface area contributed by atoms with Gasteiger partial charge in [0.2, 0.25) is 0 Å². The zero-order chi connectivity index (χ0) is 24.1. The minimum atomic E-state index is -0.641. The van der Waals surface area contributed by atoms with Crippen molar-refractivity contribution in [2.24, 2.45) is 0 Å². The molecule has 34 heavy (non-hydrogen) atoms. The molecule has 2 aliphatic rings. The molecule has 2 amide bonds. The second-order valence-electron chi connectivity index (χ2n) is 9.52. The summed E-state index contributed by atoms with van der Waals surface area (Å²) in [4.78, 5) is 23.2. The van der Waals surface area contributed by atoms with E-state index in [9.17, 15) is 10.1 Å². The monoisotopic (exact) mass is 476 g/mol. The Morgan fingerprint density at radius 3 is 2.85 bits per heavy atom. The van der Waals surface area contributed by atoms with Crippen LogP contribution < -0.4 is 11.1 Å². The molecule has 1 spiro atoms. The molecule has 0 aromatic carbocycles. The number of aryl methyl sites for hydroxylation is 1. The van der Waals surface area contributed by atoms with Crippen molar-refractivity contribution in [3.8, 4) is 17.3 Å². The number of hydrogen-bond acceptors (Lipinski definition) is 6. The number of aromatic nitrogens is 4. The van der Waals surface area contributed by atoms with Gasteiger partial charge in [-0.2, -0.15) is 10.4 Å². The fraction of sp³-hybridized carbons (Fsp3) is 0.375. The van der Waals surface area contributed by atoms with Crippen LogP contribution >= 0.6 is 11.6 Å². The zero-order valence-electron chi connectivity index (χ0n) is 19.0. The first-order valence-electron chi connectivity index (χ1n) is 11.1. The molecule has 10 heteroatoms. The van der Waals surface area contributed by atoms with Gasteiger partial charge in [0, 0.05) is 54.9 Å². The number of anilines is 1. The maximum atomic E-state index is 13.2. The fourth-order valence-electron chi connectivity index (χ4n) is 5.06. The van der Waals surface area contributed by atoms with Crippen LogP contribution in [0.4, 0.5) is 10.6 Å². The summed E-state index contributed by atoms with van der Waals surface area (Å²) in [5, 5.41) is 17.7. The largest absolute Gasteiger partial charge is 0.383 e. The average molecular weight is 477 g/mol. The van der Waals surface area contributed by atoms with Crippen molar-refractivity contribution in [2.45, 2.75) is 44.2 Å². The molecule has 3 aromatic rings. The maximum Gasteiger partial charge on any atom is 0.318 e. The summed E-state index contributed by atoms with van der Waals surface area (Å²) in [5.41, 5.74) is 8.77. The highest BCUT2D eigenvalue weighted by molar-refractivity contribution is 6.31. The number of halogens is 1. The lowest BCUT2D eigenvalue weighted by Gasteiger charge is -2.31. The SMILES string of the molecule is CC(C)(NC(=O)N1CC[C@@]2(CCn3nc(-c4cnc(N)c(C#N)c4)cc32)C1)c1ccncc1Cl. The lowest BCUT2D eigenvalue weighted by molar-refractivity contribution is 0.194. The van der Waals surface area contributed by atoms with Gasteiger partial charge in [-0.15, -0.1) is 0 Å². The Kier molecular flexibility index (Phi) is 5.21. The molecule has 3 N–H and O–H groups in total. The Morgan fingerprint density at radius 1 is 1.29 bits per heavy atom. The van der Waals surface area contributed by atoms with E-state index in [4.69, 9.17) is 22.4 Å². The third-order valence-corrected chi connectivity index (χ3v) is 7.27. The van der Waals surface area contributed by atoms with Gasteiger partial charge < -0.3 is 16.0 Å². The molecule has 174 valence electrons. The molecule has 1 saturated heterocycles. The zero-order valence-corrected chi connectivity index (χ0v) is 19.8. The van der Waals surface area contributed by atoms with E-state index in [-0.39, 0.29) is 17.3 Å². The van der Waals surface area contributed by atoms with Crippen LogP contribution in [-0.2, 0) is 17.5 Å². The molecule has 0 bridgehead atoms. The summed E-state index contributed by atoms with van der Waals surface area (Å²) in [6, 6.07) is 7.56. The summed E-state index contributed by atoms with van der Waals surface area (Å²) >= 11 is 6.32. The summed E-state index contributed by atoms with van der Waals surface area (Å²) in [6.07, 6.45) is 6.70. The Bertz CT molecular complexity index is 1330. The smallest absolute Gasteiger partial charge is 0.318 e. The predicted molar refractivity (Wildman–Crippen MR) is 128 cm³/mol. The quantitative estimate of drug-likeness (QED) is 0.596. The van der Waals surface area contributed by atoms with Crippen LogP contribution in [0.15, 0.2) is 36.8 Å². The topological polar surface area (TPSA) is 126 Å². The van der Waals surface area contributed by atoms with E-state index in [1.54, 1.807) is 24.7 Å². The molecule has 0 aliphatic carbocycles. The molecule has 3 aromatic heterocycles. The number of nitriles is 1. The third-order valence-electron chi connectivity index (χ3n) is 6.97. The summed E-state index contributed by atoms with van der Waals surface area (Å²) in [6.45, 7) is 5.94. The van der Waals surface area contributed by atoms with Crippen molar-refractivity contribution < 1.29 is 4.79 Å². The standard InChI is InChI=1S/C24H25ClN8O/c1-23(2,17-3-6-28-13-18(17)25)30-22(34)32-7-4-24(14-32)5-8-33-20(24)10-19(31-33)16-9-15(11-26)21(27)29-12-16/h3,6,9-10,12-13H,4-5,7-8,14H2,1-2H3,(H2,27,29)(H,30,34)/t24-/m1/s1. The number of nitrogens with two attached hydrogens (primary N) is 1. The minimum Gasteiger partial charge on any atom is -0.383 e. The van der Waals surface area contributed by atoms with Crippen LogP contribution in [0.2, 0.25) is 5.02 Å². The number of amides is 2. The van der Waals surface area contributed by atoms with Crippen molar-refractivity contribution >= 4 is 23.4 Å². The molecular weight excluding hydrogens is 452 g/mol. The van der Waals surface area contributed by atoms with E-state index in [1.165, 1.54) is 0 Å². The number of carbonyl (C=O) groups is 1. The van der Waals surface area contributed by atoms with Gasteiger partial charge in [0.05, 0.1) is 21.8 Å². The molecule has 0 unspecified atom stereocenters. The number of likely N-dealkylation sites (tertiary alicyclic amines) is 1. The number of pyridine rings is 2. The van der Waals surface area contributed by atoms with E-state index < -0.39 is 5.54 Å². The Hall–Kier alpha value is -3.64. The predicted octanol–water partition coefficient (Wildman–Crippen LogP) is 3.44. The van der Waals surface area contributed by atoms with Gasteiger partial charge in [0.1, 0.15) is 11.9 Å². The van der Waals surface area contributed by atoms with E-state index >= 15 is 0 Å². The van der Waals surface area contributed by atoms with Crippen LogP contribution in [-0.4, -0.2) is 43.8 Å². The number of fused-ring (bicyclic) bond motifs is 2.